The van der Waals surface area contributed by atoms with E-state index in [1.165, 1.54) is 0 Å². The Bertz CT molecular complexity index is 23.8. The van der Waals surface area contributed by atoms with E-state index in [-0.39, 0.29) is 123 Å². The van der Waals surface area contributed by atoms with Crippen LogP contribution in [-0.2, 0) is 65.8 Å². The van der Waals surface area contributed by atoms with Gasteiger partial charge in [0.05, 0.1) is 0 Å². The molecule has 0 amide bonds. The van der Waals surface area contributed by atoms with Gasteiger partial charge in [-0.25, -0.2) is 0 Å². The first kappa shape index (κ1) is 53.3. The first-order chi connectivity index (χ1) is 0. The molecule has 0 unspecified atom stereocenters. The molecule has 0 aromatic carbocycles. The van der Waals surface area contributed by atoms with E-state index in [0.29, 0.717) is 0 Å². The molecule has 0 rings (SSSR count). The van der Waals surface area contributed by atoms with Gasteiger partial charge in [-0.3, -0.25) is 0 Å². The average Bonchev–Trinajstić information content (AvgIpc) is 0. The quantitative estimate of drug-likeness (QED) is 0.251. The van der Waals surface area contributed by atoms with Gasteiger partial charge in [-0.05, 0) is 0 Å². The third-order valence-electron chi connectivity index (χ3n) is 0. The maximum Gasteiger partial charge on any atom is 0 e. The smallest absolute Gasteiger partial charge is 0 e. The minimum atomic E-state index is 0. The van der Waals surface area contributed by atoms with Crippen LogP contribution in [0.2, 0.25) is 0 Å². The van der Waals surface area contributed by atoms with Gasteiger partial charge in [-0.2, -0.15) is 0 Å². The summed E-state index contributed by atoms with van der Waals surface area (Å²) < 4.78 is 0. The molecule has 0 nitrogen and oxygen atoms in total. The molecule has 0 N–H and O–H groups in total. The summed E-state index contributed by atoms with van der Waals surface area (Å²) in [5.41, 5.74) is 0. The van der Waals surface area contributed by atoms with Gasteiger partial charge in [0.2, 0.25) is 0 Å². The summed E-state index contributed by atoms with van der Waals surface area (Å²) in [5.74, 6) is 0. The summed E-state index contributed by atoms with van der Waals surface area (Å²) in [6, 6.07) is 0. The molecule has 28 valence electrons. The number of rotatable bonds is 0. The van der Waals surface area contributed by atoms with Crippen molar-refractivity contribution in [3.63, 3.8) is 0 Å². The summed E-state index contributed by atoms with van der Waals surface area (Å²) in [7, 11) is 0. The summed E-state index contributed by atoms with van der Waals surface area (Å²) in [5, 5.41) is 0. The van der Waals surface area contributed by atoms with Gasteiger partial charge in [0, 0.05) is 65.8 Å². The van der Waals surface area contributed by atoms with E-state index < -0.39 is 0 Å². The molecule has 0 heterocycles. The molecule has 0 atom stereocenters. The van der Waals surface area contributed by atoms with E-state index >= 15 is 0 Å². The van der Waals surface area contributed by atoms with Crippen molar-refractivity contribution < 1.29 is 89.0 Å². The van der Waals surface area contributed by atoms with Crippen molar-refractivity contribution in [2.75, 3.05) is 0 Å². The van der Waals surface area contributed by atoms with Gasteiger partial charge in [-0.15, -0.1) is 0 Å². The topological polar surface area (TPSA) is 0 Å². The summed E-state index contributed by atoms with van der Waals surface area (Å²) in [6.07, 6.45) is 0. The fourth-order valence-electron chi connectivity index (χ4n) is 0. The third-order valence-corrected chi connectivity index (χ3v) is 0. The molecule has 4 radical (unpaired) electrons. The van der Waals surface area contributed by atoms with Crippen LogP contribution in [0.1, 0.15) is 4.28 Å². The Morgan fingerprint density at radius 2 is 1.17 bits per heavy atom. The SMILES string of the molecule is [Be+2].[H-].[H-].[H-].[Li+].[Nb].[SnH2].[Ta].[W]. The van der Waals surface area contributed by atoms with Gasteiger partial charge >= 0.3 is 52.9 Å². The van der Waals surface area contributed by atoms with Gasteiger partial charge in [0.1, 0.15) is 0 Å². The van der Waals surface area contributed by atoms with Crippen molar-refractivity contribution in [3.05, 3.63) is 0 Å². The van der Waals surface area contributed by atoms with Crippen molar-refractivity contribution in [1.29, 1.82) is 0 Å². The second kappa shape index (κ2) is 37.5. The Labute approximate surface area is 121 Å². The Hall–Kier alpha value is 3.73. The van der Waals surface area contributed by atoms with Crippen LogP contribution in [0.3, 0.4) is 0 Å². The summed E-state index contributed by atoms with van der Waals surface area (Å²) >= 11 is 0. The van der Waals surface area contributed by atoms with E-state index in [1.54, 1.807) is 0 Å². The van der Waals surface area contributed by atoms with E-state index in [0.717, 1.165) is 0 Å². The molecule has 0 aromatic rings. The first-order valence-electron chi connectivity index (χ1n) is 0. The van der Waals surface area contributed by atoms with Crippen molar-refractivity contribution >= 4 is 34.0 Å². The zero-order chi connectivity index (χ0) is 0. The standard InChI is InChI=1S/Be.Li.Nb.Sn.Ta.W.5H/q+2;+1;;;;;;;3*-1. The minimum Gasteiger partial charge on any atom is 0 e. The van der Waals surface area contributed by atoms with Crippen LogP contribution in [0.15, 0.2) is 0 Å². The molecular weight excluding hydrogens is 592 g/mol. The van der Waals surface area contributed by atoms with Crippen LogP contribution < -0.4 is 18.9 Å². The molecule has 0 saturated carbocycles. The van der Waals surface area contributed by atoms with Crippen LogP contribution in [0.5, 0.6) is 0 Å². The van der Waals surface area contributed by atoms with Gasteiger partial charge in [-0.1, -0.05) is 0 Å². The molecule has 0 saturated heterocycles. The Kier molecular flexibility index (Phi) is 333. The molecule has 0 aliphatic rings. The van der Waals surface area contributed by atoms with Gasteiger partial charge < -0.3 is 4.28 Å². The summed E-state index contributed by atoms with van der Waals surface area (Å²) in [4.78, 5) is 0. The molecular formula is H5BeLiNbSnTaW. The second-order valence-electron chi connectivity index (χ2n) is 0. The van der Waals surface area contributed by atoms with E-state index in [1.807, 2.05) is 0 Å². The Morgan fingerprint density at radius 3 is 1.17 bits per heavy atom. The van der Waals surface area contributed by atoms with E-state index in [4.69, 9.17) is 0 Å². The Morgan fingerprint density at radius 1 is 1.17 bits per heavy atom. The molecule has 0 aromatic heterocycles. The molecule has 0 bridgehead atoms. The fraction of sp³-hybridized carbons (Fsp3) is 0. The van der Waals surface area contributed by atoms with Crippen molar-refractivity contribution in [1.82, 2.24) is 0 Å². The fourth-order valence-corrected chi connectivity index (χ4v) is 0. The third kappa shape index (κ3) is 25.2. The maximum atomic E-state index is 0. The van der Waals surface area contributed by atoms with Crippen LogP contribution in [0.25, 0.3) is 0 Å². The van der Waals surface area contributed by atoms with Gasteiger partial charge in [0.25, 0.3) is 0 Å². The largest absolute Gasteiger partial charge is 0 e. The van der Waals surface area contributed by atoms with Crippen molar-refractivity contribution in [3.8, 4) is 0 Å². The summed E-state index contributed by atoms with van der Waals surface area (Å²) in [6.45, 7) is 0. The predicted molar refractivity (Wildman–Crippen MR) is 17.6 cm³/mol. The minimum absolute atomic E-state index is 0. The van der Waals surface area contributed by atoms with E-state index in [2.05, 4.69) is 0 Å². The maximum absolute atomic E-state index is 0. The number of hydrogen-bond acceptors (Lipinski definition) is 0. The molecule has 0 spiro atoms. The molecule has 6 heavy (non-hydrogen) atoms. The first-order valence-corrected chi connectivity index (χ1v) is 0. The second-order valence-corrected chi connectivity index (χ2v) is 0. The van der Waals surface area contributed by atoms with Crippen LogP contribution in [0, 0.1) is 0 Å². The zero-order valence-corrected chi connectivity index (χ0v) is 16.1. The number of hydrogen-bond donors (Lipinski definition) is 0. The van der Waals surface area contributed by atoms with Crippen LogP contribution in [0.4, 0.5) is 0 Å². The normalized spacial score (nSPS) is 0. The van der Waals surface area contributed by atoms with Crippen molar-refractivity contribution in [2.24, 2.45) is 0 Å². The average molecular weight is 597 g/mol. The van der Waals surface area contributed by atoms with E-state index in [9.17, 15) is 0 Å². The molecule has 0 aliphatic carbocycles. The molecule has 6 heteroatoms. The van der Waals surface area contributed by atoms with Crippen LogP contribution in [-0.4, -0.2) is 34.0 Å². The molecule has 0 fully saturated rings. The van der Waals surface area contributed by atoms with Crippen molar-refractivity contribution in [2.45, 2.75) is 0 Å². The Balaban J connectivity index is 0. The van der Waals surface area contributed by atoms with Crippen LogP contribution >= 0.6 is 0 Å². The molecule has 0 aliphatic heterocycles. The zero-order valence-electron chi connectivity index (χ0n) is 6.72. The monoisotopic (exact) mass is 599 g/mol. The van der Waals surface area contributed by atoms with Gasteiger partial charge in [0.15, 0.2) is 0 Å². The predicted octanol–water partition coefficient (Wildman–Crippen LogP) is -3.96.